The summed E-state index contributed by atoms with van der Waals surface area (Å²) in [7, 11) is 1.52. The van der Waals surface area contributed by atoms with E-state index in [0.29, 0.717) is 59.0 Å². The number of rotatable bonds is 8. The summed E-state index contributed by atoms with van der Waals surface area (Å²) in [6, 6.07) is 3.61. The molecule has 1 saturated carbocycles. The Kier molecular flexibility index (Phi) is 6.71. The minimum atomic E-state index is -0.741. The fraction of sp³-hybridized carbons (Fsp3) is 0.435. The second-order valence-electron chi connectivity index (χ2n) is 8.12. The number of nitrogens with zero attached hydrogens (tertiary/aromatic N) is 4. The van der Waals surface area contributed by atoms with Crippen molar-refractivity contribution < 1.29 is 23.9 Å². The van der Waals surface area contributed by atoms with E-state index in [9.17, 15) is 9.90 Å². The van der Waals surface area contributed by atoms with Crippen LogP contribution in [-0.2, 0) is 4.79 Å². The predicted molar refractivity (Wildman–Crippen MR) is 120 cm³/mol. The van der Waals surface area contributed by atoms with Gasteiger partial charge in [0.1, 0.15) is 22.8 Å². The van der Waals surface area contributed by atoms with E-state index >= 15 is 0 Å². The molecule has 0 unspecified atom stereocenters. The van der Waals surface area contributed by atoms with Gasteiger partial charge in [-0.2, -0.15) is 4.98 Å². The summed E-state index contributed by atoms with van der Waals surface area (Å²) in [5.74, 6) is 0.870. The van der Waals surface area contributed by atoms with Gasteiger partial charge >= 0.3 is 5.97 Å². The van der Waals surface area contributed by atoms with Crippen LogP contribution in [0.15, 0.2) is 29.0 Å². The SMILES string of the molecule is COc1cncc(Nc2c(C)noc2-c2ccc(OC[C@H]3CCCC[C@@H]3C(=O)O)c(C)n2)n1. The Labute approximate surface area is 191 Å². The number of pyridine rings is 1. The monoisotopic (exact) mass is 453 g/mol. The number of carboxylic acids is 1. The molecule has 10 nitrogen and oxygen atoms in total. The van der Waals surface area contributed by atoms with E-state index in [2.05, 4.69) is 25.4 Å². The van der Waals surface area contributed by atoms with E-state index in [1.54, 1.807) is 12.3 Å². The van der Waals surface area contributed by atoms with Gasteiger partial charge in [-0.05, 0) is 38.8 Å². The van der Waals surface area contributed by atoms with Gasteiger partial charge in [0.2, 0.25) is 11.6 Å². The van der Waals surface area contributed by atoms with Crippen LogP contribution in [0.4, 0.5) is 11.5 Å². The Bertz CT molecular complexity index is 1130. The third-order valence-electron chi connectivity index (χ3n) is 5.89. The van der Waals surface area contributed by atoms with E-state index in [1.165, 1.54) is 13.3 Å². The molecular weight excluding hydrogens is 426 g/mol. The minimum Gasteiger partial charge on any atom is -0.491 e. The van der Waals surface area contributed by atoms with Gasteiger partial charge in [-0.3, -0.25) is 9.78 Å². The first kappa shape index (κ1) is 22.5. The third kappa shape index (κ3) is 5.05. The lowest BCUT2D eigenvalue weighted by Gasteiger charge is -2.28. The van der Waals surface area contributed by atoms with Crippen LogP contribution in [0.25, 0.3) is 11.5 Å². The number of anilines is 2. The standard InChI is InChI=1S/C23H27N5O5/c1-13-18(32-12-15-6-4-5-7-16(15)23(29)30)9-8-17(25-13)22-21(14(2)28-33-22)27-19-10-24-11-20(26-19)31-3/h8-11,15-16H,4-7,12H2,1-3H3,(H,26,27)(H,29,30)/t15-,16+/m1/s1. The molecule has 3 heterocycles. The highest BCUT2D eigenvalue weighted by atomic mass is 16.5. The maximum atomic E-state index is 11.5. The molecule has 0 saturated heterocycles. The molecule has 0 aliphatic heterocycles. The fourth-order valence-corrected chi connectivity index (χ4v) is 4.08. The molecule has 3 aromatic rings. The number of methoxy groups -OCH3 is 1. The normalized spacial score (nSPS) is 18.0. The quantitative estimate of drug-likeness (QED) is 0.512. The van der Waals surface area contributed by atoms with Gasteiger partial charge < -0.3 is 24.4 Å². The molecule has 1 aliphatic rings. The van der Waals surface area contributed by atoms with Crippen molar-refractivity contribution in [1.82, 2.24) is 20.1 Å². The van der Waals surface area contributed by atoms with Gasteiger partial charge in [-0.25, -0.2) is 4.98 Å². The number of carboxylic acid groups (broad SMARTS) is 1. The first-order valence-corrected chi connectivity index (χ1v) is 10.9. The lowest BCUT2D eigenvalue weighted by Crippen LogP contribution is -2.31. The van der Waals surface area contributed by atoms with Crippen molar-refractivity contribution in [2.45, 2.75) is 39.5 Å². The van der Waals surface area contributed by atoms with Gasteiger partial charge in [0.25, 0.3) is 0 Å². The Morgan fingerprint density at radius 3 is 2.76 bits per heavy atom. The maximum absolute atomic E-state index is 11.5. The van der Waals surface area contributed by atoms with Crippen LogP contribution in [0.5, 0.6) is 11.6 Å². The maximum Gasteiger partial charge on any atom is 0.306 e. The first-order valence-electron chi connectivity index (χ1n) is 10.9. The summed E-state index contributed by atoms with van der Waals surface area (Å²) in [5, 5.41) is 16.7. The van der Waals surface area contributed by atoms with Crippen molar-refractivity contribution >= 4 is 17.5 Å². The summed E-state index contributed by atoms with van der Waals surface area (Å²) in [6.45, 7) is 4.02. The van der Waals surface area contributed by atoms with Gasteiger partial charge in [0.05, 0.1) is 37.7 Å². The highest BCUT2D eigenvalue weighted by molar-refractivity contribution is 5.76. The van der Waals surface area contributed by atoms with Crippen LogP contribution in [0.2, 0.25) is 0 Å². The number of ether oxygens (including phenoxy) is 2. The molecule has 0 spiro atoms. The van der Waals surface area contributed by atoms with Crippen LogP contribution >= 0.6 is 0 Å². The molecule has 3 aromatic heterocycles. The van der Waals surface area contributed by atoms with Gasteiger partial charge in [-0.1, -0.05) is 18.0 Å². The number of hydrogen-bond donors (Lipinski definition) is 2. The molecule has 0 bridgehead atoms. The van der Waals surface area contributed by atoms with Crippen molar-refractivity contribution in [2.75, 3.05) is 19.0 Å². The molecule has 10 heteroatoms. The number of aryl methyl sites for hydroxylation is 2. The number of aliphatic carboxylic acids is 1. The number of carbonyl (C=O) groups is 1. The molecular formula is C23H27N5O5. The van der Waals surface area contributed by atoms with Crippen LogP contribution in [0, 0.1) is 25.7 Å². The van der Waals surface area contributed by atoms with Crippen molar-refractivity contribution in [3.8, 4) is 23.1 Å². The Balaban J connectivity index is 1.51. The summed E-state index contributed by atoms with van der Waals surface area (Å²) >= 11 is 0. The minimum absolute atomic E-state index is 0.00651. The topological polar surface area (TPSA) is 132 Å². The lowest BCUT2D eigenvalue weighted by molar-refractivity contribution is -0.145. The average Bonchev–Trinajstić information content (AvgIpc) is 3.18. The summed E-state index contributed by atoms with van der Waals surface area (Å²) < 4.78 is 16.6. The number of nitrogens with one attached hydrogen (secondary N) is 1. The first-order chi connectivity index (χ1) is 16.0. The molecule has 1 fully saturated rings. The highest BCUT2D eigenvalue weighted by Gasteiger charge is 2.31. The number of hydrogen-bond acceptors (Lipinski definition) is 9. The van der Waals surface area contributed by atoms with E-state index in [0.717, 1.165) is 19.3 Å². The molecule has 4 rings (SSSR count). The number of aromatic nitrogens is 4. The molecule has 2 atom stereocenters. The molecule has 174 valence electrons. The lowest BCUT2D eigenvalue weighted by atomic mass is 9.80. The van der Waals surface area contributed by atoms with E-state index in [4.69, 9.17) is 14.0 Å². The third-order valence-corrected chi connectivity index (χ3v) is 5.89. The molecule has 0 amide bonds. The Hall–Kier alpha value is -3.69. The van der Waals surface area contributed by atoms with Crippen LogP contribution in [0.1, 0.15) is 37.1 Å². The zero-order valence-corrected chi connectivity index (χ0v) is 18.9. The van der Waals surface area contributed by atoms with E-state index in [-0.39, 0.29) is 11.8 Å². The molecule has 2 N–H and O–H groups in total. The van der Waals surface area contributed by atoms with Crippen molar-refractivity contribution in [3.63, 3.8) is 0 Å². The molecule has 0 radical (unpaired) electrons. The summed E-state index contributed by atoms with van der Waals surface area (Å²) in [4.78, 5) is 24.6. The summed E-state index contributed by atoms with van der Waals surface area (Å²) in [6.07, 6.45) is 6.65. The van der Waals surface area contributed by atoms with Crippen molar-refractivity contribution in [2.24, 2.45) is 11.8 Å². The predicted octanol–water partition coefficient (Wildman–Crippen LogP) is 4.17. The molecule has 0 aromatic carbocycles. The zero-order valence-electron chi connectivity index (χ0n) is 18.9. The average molecular weight is 453 g/mol. The largest absolute Gasteiger partial charge is 0.491 e. The smallest absolute Gasteiger partial charge is 0.306 e. The van der Waals surface area contributed by atoms with Gasteiger partial charge in [0, 0.05) is 5.92 Å². The zero-order chi connectivity index (χ0) is 23.4. The van der Waals surface area contributed by atoms with E-state index in [1.807, 2.05) is 19.9 Å². The van der Waals surface area contributed by atoms with Gasteiger partial charge in [-0.15, -0.1) is 0 Å². The van der Waals surface area contributed by atoms with Crippen LogP contribution < -0.4 is 14.8 Å². The second-order valence-corrected chi connectivity index (χ2v) is 8.12. The second kappa shape index (κ2) is 9.85. The fourth-order valence-electron chi connectivity index (χ4n) is 4.08. The Morgan fingerprint density at radius 2 is 2.00 bits per heavy atom. The van der Waals surface area contributed by atoms with Gasteiger partial charge in [0.15, 0.2) is 5.82 Å². The van der Waals surface area contributed by atoms with Crippen LogP contribution in [-0.4, -0.2) is 44.9 Å². The highest BCUT2D eigenvalue weighted by Crippen LogP contribution is 2.34. The van der Waals surface area contributed by atoms with Crippen LogP contribution in [0.3, 0.4) is 0 Å². The Morgan fingerprint density at radius 1 is 1.18 bits per heavy atom. The van der Waals surface area contributed by atoms with Crippen molar-refractivity contribution in [1.29, 1.82) is 0 Å². The van der Waals surface area contributed by atoms with E-state index < -0.39 is 5.97 Å². The molecule has 1 aliphatic carbocycles. The molecule has 33 heavy (non-hydrogen) atoms. The summed E-state index contributed by atoms with van der Waals surface area (Å²) in [5.41, 5.74) is 2.53. The van der Waals surface area contributed by atoms with Crippen molar-refractivity contribution in [3.05, 3.63) is 35.9 Å².